The number of benzene rings is 1. The van der Waals surface area contributed by atoms with Crippen molar-refractivity contribution in [1.82, 2.24) is 20.4 Å². The molecule has 2 rings (SSSR count). The van der Waals surface area contributed by atoms with Crippen LogP contribution in [0.1, 0.15) is 41.9 Å². The smallest absolute Gasteiger partial charge is 0.191 e. The molecule has 0 aliphatic carbocycles. The molecule has 0 saturated carbocycles. The quantitative estimate of drug-likeness (QED) is 0.219. The first-order chi connectivity index (χ1) is 13.4. The maximum Gasteiger partial charge on any atom is 0.191 e. The summed E-state index contributed by atoms with van der Waals surface area (Å²) in [6.45, 7) is 12.3. The van der Waals surface area contributed by atoms with E-state index in [9.17, 15) is 0 Å². The van der Waals surface area contributed by atoms with E-state index in [-0.39, 0.29) is 24.0 Å². The molecule has 1 atom stereocenters. The zero-order valence-electron chi connectivity index (χ0n) is 18.6. The van der Waals surface area contributed by atoms with E-state index in [1.54, 1.807) is 0 Å². The Bertz CT molecular complexity index is 770. The van der Waals surface area contributed by atoms with Gasteiger partial charge in [0.1, 0.15) is 0 Å². The Labute approximate surface area is 197 Å². The van der Waals surface area contributed by atoms with Crippen molar-refractivity contribution in [2.24, 2.45) is 12.0 Å². The fraction of sp³-hybridized carbons (Fsp3) is 0.545. The second-order valence-electron chi connectivity index (χ2n) is 7.32. The third-order valence-corrected chi connectivity index (χ3v) is 5.80. The molecule has 0 spiro atoms. The molecule has 0 saturated heterocycles. The van der Waals surface area contributed by atoms with Gasteiger partial charge >= 0.3 is 0 Å². The average Bonchev–Trinajstić information content (AvgIpc) is 2.89. The molecule has 0 radical (unpaired) electrons. The van der Waals surface area contributed by atoms with Crippen molar-refractivity contribution in [3.8, 4) is 0 Å². The van der Waals surface area contributed by atoms with E-state index in [1.165, 1.54) is 22.4 Å². The summed E-state index contributed by atoms with van der Waals surface area (Å²) < 4.78 is 1.96. The second-order valence-corrected chi connectivity index (χ2v) is 8.43. The maximum atomic E-state index is 4.74. The van der Waals surface area contributed by atoms with E-state index in [2.05, 4.69) is 74.6 Å². The summed E-state index contributed by atoms with van der Waals surface area (Å²) in [6, 6.07) is 9.06. The van der Waals surface area contributed by atoms with Gasteiger partial charge in [0.25, 0.3) is 0 Å². The van der Waals surface area contributed by atoms with Gasteiger partial charge in [0.2, 0.25) is 0 Å². The Morgan fingerprint density at radius 3 is 2.48 bits per heavy atom. The third-order valence-electron chi connectivity index (χ3n) is 4.79. The van der Waals surface area contributed by atoms with E-state index in [0.29, 0.717) is 6.04 Å². The van der Waals surface area contributed by atoms with E-state index in [4.69, 9.17) is 4.99 Å². The molecule has 2 aromatic rings. The highest BCUT2D eigenvalue weighted by molar-refractivity contribution is 14.0. The van der Waals surface area contributed by atoms with Gasteiger partial charge in [-0.1, -0.05) is 29.8 Å². The summed E-state index contributed by atoms with van der Waals surface area (Å²) >= 11 is 1.93. The number of guanidine groups is 1. The summed E-state index contributed by atoms with van der Waals surface area (Å²) in [4.78, 5) is 4.74. The molecular formula is C22H36IN5S. The zero-order chi connectivity index (χ0) is 20.5. The summed E-state index contributed by atoms with van der Waals surface area (Å²) in [5.74, 6) is 2.94. The van der Waals surface area contributed by atoms with Crippen molar-refractivity contribution in [3.63, 3.8) is 0 Å². The minimum absolute atomic E-state index is 0. The number of aromatic nitrogens is 2. The van der Waals surface area contributed by atoms with Crippen LogP contribution in [-0.2, 0) is 19.2 Å². The number of hydrogen-bond acceptors (Lipinski definition) is 3. The maximum absolute atomic E-state index is 4.74. The predicted octanol–water partition coefficient (Wildman–Crippen LogP) is 4.38. The SMILES string of the molecule is CCNC(=NCCSCc1ccc(C)cc1)NC(C)Cc1c(C)nn(C)c1C.I. The Hall–Kier alpha value is -1.22. The summed E-state index contributed by atoms with van der Waals surface area (Å²) in [5.41, 5.74) is 6.36. The molecule has 1 heterocycles. The monoisotopic (exact) mass is 529 g/mol. The van der Waals surface area contributed by atoms with Crippen molar-refractivity contribution < 1.29 is 0 Å². The van der Waals surface area contributed by atoms with Crippen LogP contribution in [0.2, 0.25) is 0 Å². The molecule has 0 aliphatic rings. The number of nitrogens with zero attached hydrogens (tertiary/aromatic N) is 3. The Kier molecular flexibility index (Phi) is 11.7. The molecule has 1 aromatic heterocycles. The lowest BCUT2D eigenvalue weighted by molar-refractivity contribution is 0.636. The minimum atomic E-state index is 0. The molecule has 1 aromatic carbocycles. The van der Waals surface area contributed by atoms with E-state index in [0.717, 1.165) is 42.7 Å². The fourth-order valence-electron chi connectivity index (χ4n) is 3.12. The number of thioether (sulfide) groups is 1. The lowest BCUT2D eigenvalue weighted by Gasteiger charge is -2.18. The van der Waals surface area contributed by atoms with Crippen LogP contribution < -0.4 is 10.6 Å². The van der Waals surface area contributed by atoms with Crippen molar-refractivity contribution in [3.05, 3.63) is 52.3 Å². The topological polar surface area (TPSA) is 54.2 Å². The first kappa shape index (κ1) is 25.8. The summed E-state index contributed by atoms with van der Waals surface area (Å²) in [7, 11) is 2.00. The van der Waals surface area contributed by atoms with Crippen LogP contribution in [0.4, 0.5) is 0 Å². The van der Waals surface area contributed by atoms with Crippen LogP contribution >= 0.6 is 35.7 Å². The second kappa shape index (κ2) is 13.2. The highest BCUT2D eigenvalue weighted by Gasteiger charge is 2.13. The van der Waals surface area contributed by atoms with Gasteiger partial charge in [0.05, 0.1) is 12.2 Å². The zero-order valence-corrected chi connectivity index (χ0v) is 21.7. The van der Waals surface area contributed by atoms with E-state index >= 15 is 0 Å². The van der Waals surface area contributed by atoms with Crippen LogP contribution in [0.25, 0.3) is 0 Å². The minimum Gasteiger partial charge on any atom is -0.357 e. The van der Waals surface area contributed by atoms with Crippen LogP contribution in [0.5, 0.6) is 0 Å². The van der Waals surface area contributed by atoms with Crippen LogP contribution in [0, 0.1) is 20.8 Å². The van der Waals surface area contributed by atoms with Crippen molar-refractivity contribution in [1.29, 1.82) is 0 Å². The number of aliphatic imine (C=N–C) groups is 1. The molecule has 0 fully saturated rings. The highest BCUT2D eigenvalue weighted by atomic mass is 127. The average molecular weight is 530 g/mol. The first-order valence-corrected chi connectivity index (χ1v) is 11.2. The number of nitrogens with one attached hydrogen (secondary N) is 2. The standard InChI is InChI=1S/C22H35N5S.HI/c1-7-23-22(24-12-13-28-15-20-10-8-16(2)9-11-20)25-17(3)14-21-18(4)26-27(6)19(21)5;/h8-11,17H,7,12-15H2,1-6H3,(H2,23,24,25);1H. The normalized spacial score (nSPS) is 12.4. The molecule has 1 unspecified atom stereocenters. The van der Waals surface area contributed by atoms with Crippen molar-refractivity contribution in [2.75, 3.05) is 18.8 Å². The van der Waals surface area contributed by atoms with E-state index < -0.39 is 0 Å². The van der Waals surface area contributed by atoms with Gasteiger partial charge in [0.15, 0.2) is 5.96 Å². The first-order valence-electron chi connectivity index (χ1n) is 10.1. The van der Waals surface area contributed by atoms with Gasteiger partial charge in [-0.2, -0.15) is 16.9 Å². The number of hydrogen-bond donors (Lipinski definition) is 2. The van der Waals surface area contributed by atoms with Gasteiger partial charge in [-0.3, -0.25) is 9.67 Å². The fourth-order valence-corrected chi connectivity index (χ4v) is 3.91. The van der Waals surface area contributed by atoms with Gasteiger partial charge in [-0.25, -0.2) is 0 Å². The molecule has 0 aliphatic heterocycles. The molecule has 7 heteroatoms. The van der Waals surface area contributed by atoms with Crippen LogP contribution in [0.15, 0.2) is 29.3 Å². The van der Waals surface area contributed by atoms with Gasteiger partial charge in [-0.15, -0.1) is 24.0 Å². The molecule has 0 amide bonds. The molecular weight excluding hydrogens is 493 g/mol. The Morgan fingerprint density at radius 2 is 1.90 bits per heavy atom. The number of rotatable bonds is 9. The van der Waals surface area contributed by atoms with Crippen LogP contribution in [-0.4, -0.2) is 40.6 Å². The van der Waals surface area contributed by atoms with Crippen molar-refractivity contribution >= 4 is 41.7 Å². The lowest BCUT2D eigenvalue weighted by atomic mass is 10.1. The number of aryl methyl sites for hydroxylation is 3. The summed E-state index contributed by atoms with van der Waals surface area (Å²) in [6.07, 6.45) is 0.943. The van der Waals surface area contributed by atoms with Gasteiger partial charge in [-0.05, 0) is 52.2 Å². The molecule has 5 nitrogen and oxygen atoms in total. The largest absolute Gasteiger partial charge is 0.357 e. The Balaban J connectivity index is 0.00000420. The predicted molar refractivity (Wildman–Crippen MR) is 138 cm³/mol. The summed E-state index contributed by atoms with van der Waals surface area (Å²) in [5, 5.41) is 11.4. The third kappa shape index (κ3) is 8.58. The number of halogens is 1. The van der Waals surface area contributed by atoms with Crippen LogP contribution in [0.3, 0.4) is 0 Å². The highest BCUT2D eigenvalue weighted by Crippen LogP contribution is 2.14. The molecule has 0 bridgehead atoms. The van der Waals surface area contributed by atoms with Gasteiger partial charge in [0, 0.05) is 36.8 Å². The van der Waals surface area contributed by atoms with E-state index in [1.807, 2.05) is 23.5 Å². The van der Waals surface area contributed by atoms with Crippen molar-refractivity contribution in [2.45, 2.75) is 52.8 Å². The molecule has 162 valence electrons. The Morgan fingerprint density at radius 1 is 1.21 bits per heavy atom. The lowest BCUT2D eigenvalue weighted by Crippen LogP contribution is -2.43. The van der Waals surface area contributed by atoms with Gasteiger partial charge < -0.3 is 10.6 Å². The molecule has 2 N–H and O–H groups in total. The molecule has 29 heavy (non-hydrogen) atoms.